The predicted octanol–water partition coefficient (Wildman–Crippen LogP) is 0.0631. The lowest BCUT2D eigenvalue weighted by molar-refractivity contribution is 0.0945. The molecule has 1 atom stereocenters. The van der Waals surface area contributed by atoms with Crippen LogP contribution in [0.25, 0.3) is 0 Å². The van der Waals surface area contributed by atoms with Gasteiger partial charge in [0.15, 0.2) is 0 Å². The predicted molar refractivity (Wildman–Crippen MR) is 72.9 cm³/mol. The normalized spacial score (nSPS) is 12.4. The van der Waals surface area contributed by atoms with Gasteiger partial charge in [0.1, 0.15) is 5.69 Å². The number of amides is 1. The molecule has 0 aliphatic rings. The molecule has 0 saturated heterocycles. The summed E-state index contributed by atoms with van der Waals surface area (Å²) in [5.74, 6) is 0.352. The molecule has 0 aliphatic heterocycles. The smallest absolute Gasteiger partial charge is 0.271 e. The number of carbonyl (C=O) groups is 1. The minimum Gasteiger partial charge on any atom is -0.395 e. The summed E-state index contributed by atoms with van der Waals surface area (Å²) in [5.41, 5.74) is 7.44. The summed E-state index contributed by atoms with van der Waals surface area (Å²) in [6.45, 7) is 2.43. The molecule has 1 rings (SSSR count). The van der Waals surface area contributed by atoms with Gasteiger partial charge >= 0.3 is 0 Å². The van der Waals surface area contributed by atoms with E-state index in [0.29, 0.717) is 36.5 Å². The first-order chi connectivity index (χ1) is 8.47. The third-order valence-corrected chi connectivity index (χ3v) is 3.47. The quantitative estimate of drug-likeness (QED) is 0.717. The van der Waals surface area contributed by atoms with E-state index in [9.17, 15) is 9.00 Å². The topological polar surface area (TPSA) is 90.0 Å². The van der Waals surface area contributed by atoms with Crippen LogP contribution in [0.2, 0.25) is 0 Å². The Kier molecular flexibility index (Phi) is 5.33. The summed E-state index contributed by atoms with van der Waals surface area (Å²) in [7, 11) is 0.876. The average Bonchev–Trinajstić information content (AvgIpc) is 2.59. The van der Waals surface area contributed by atoms with Crippen molar-refractivity contribution in [2.75, 3.05) is 24.3 Å². The first kappa shape index (κ1) is 14.7. The Bertz CT molecular complexity index is 456. The van der Waals surface area contributed by atoms with Crippen LogP contribution in [0.15, 0.2) is 0 Å². The molecule has 1 aromatic rings. The van der Waals surface area contributed by atoms with Crippen molar-refractivity contribution in [1.82, 2.24) is 15.1 Å². The van der Waals surface area contributed by atoms with Crippen LogP contribution in [0, 0.1) is 0 Å². The molecule has 7 heteroatoms. The van der Waals surface area contributed by atoms with Crippen molar-refractivity contribution in [3.63, 3.8) is 0 Å². The number of rotatable bonds is 6. The highest BCUT2D eigenvalue weighted by molar-refractivity contribution is 7.84. The summed E-state index contributed by atoms with van der Waals surface area (Å²) >= 11 is 0. The lowest BCUT2D eigenvalue weighted by Crippen LogP contribution is -2.28. The molecule has 0 radical (unpaired) electrons. The van der Waals surface area contributed by atoms with Gasteiger partial charge in [0.2, 0.25) is 0 Å². The number of hydrogen-bond donors (Lipinski definition) is 2. The summed E-state index contributed by atoms with van der Waals surface area (Å²) in [4.78, 5) is 11.9. The van der Waals surface area contributed by atoms with E-state index in [1.54, 1.807) is 13.3 Å². The van der Waals surface area contributed by atoms with Crippen LogP contribution in [-0.2, 0) is 24.3 Å². The Balaban J connectivity index is 2.61. The second kappa shape index (κ2) is 6.53. The van der Waals surface area contributed by atoms with Crippen LogP contribution in [0.3, 0.4) is 0 Å². The van der Waals surface area contributed by atoms with Crippen molar-refractivity contribution >= 4 is 22.4 Å². The summed E-state index contributed by atoms with van der Waals surface area (Å²) in [5, 5.41) is 6.95. The molecule has 1 amide bonds. The molecular weight excluding hydrogens is 252 g/mol. The molecule has 0 fully saturated rings. The highest BCUT2D eigenvalue weighted by Gasteiger charge is 2.18. The van der Waals surface area contributed by atoms with Gasteiger partial charge in [0.05, 0.1) is 11.4 Å². The van der Waals surface area contributed by atoms with Crippen LogP contribution in [0.4, 0.5) is 5.69 Å². The lowest BCUT2D eigenvalue weighted by Gasteiger charge is -2.05. The number of aryl methyl sites for hydroxylation is 2. The third-order valence-electron chi connectivity index (χ3n) is 2.60. The fraction of sp³-hybridized carbons (Fsp3) is 0.636. The van der Waals surface area contributed by atoms with E-state index in [4.69, 9.17) is 5.73 Å². The number of nitrogen functional groups attached to an aromatic ring is 1. The molecule has 0 aliphatic carbocycles. The van der Waals surface area contributed by atoms with Gasteiger partial charge in [-0.15, -0.1) is 0 Å². The van der Waals surface area contributed by atoms with Crippen molar-refractivity contribution in [2.45, 2.75) is 19.8 Å². The van der Waals surface area contributed by atoms with E-state index in [1.165, 1.54) is 4.68 Å². The summed E-state index contributed by atoms with van der Waals surface area (Å²) < 4.78 is 12.4. The van der Waals surface area contributed by atoms with E-state index in [0.717, 1.165) is 5.69 Å². The van der Waals surface area contributed by atoms with Gasteiger partial charge in [0.25, 0.3) is 5.91 Å². The van der Waals surface area contributed by atoms with E-state index in [2.05, 4.69) is 10.4 Å². The number of aromatic nitrogens is 2. The molecule has 0 saturated carbocycles. The molecule has 1 aromatic heterocycles. The van der Waals surface area contributed by atoms with Crippen molar-refractivity contribution < 1.29 is 9.00 Å². The summed E-state index contributed by atoms with van der Waals surface area (Å²) in [6.07, 6.45) is 3.03. The highest BCUT2D eigenvalue weighted by atomic mass is 32.2. The molecule has 3 N–H and O–H groups in total. The second-order valence-electron chi connectivity index (χ2n) is 4.07. The van der Waals surface area contributed by atoms with E-state index >= 15 is 0 Å². The monoisotopic (exact) mass is 272 g/mol. The zero-order chi connectivity index (χ0) is 13.7. The Morgan fingerprint density at radius 2 is 2.22 bits per heavy atom. The van der Waals surface area contributed by atoms with Gasteiger partial charge in [0, 0.05) is 36.4 Å². The molecule has 102 valence electrons. The van der Waals surface area contributed by atoms with E-state index in [-0.39, 0.29) is 5.91 Å². The van der Waals surface area contributed by atoms with Crippen LogP contribution in [-0.4, -0.2) is 38.4 Å². The molecule has 0 bridgehead atoms. The van der Waals surface area contributed by atoms with Crippen molar-refractivity contribution in [2.24, 2.45) is 7.05 Å². The molecule has 0 spiro atoms. The van der Waals surface area contributed by atoms with Gasteiger partial charge in [-0.2, -0.15) is 5.10 Å². The maximum absolute atomic E-state index is 11.9. The molecular formula is C11H20N4O2S. The summed E-state index contributed by atoms with van der Waals surface area (Å²) in [6, 6.07) is 0. The molecule has 1 unspecified atom stereocenters. The minimum atomic E-state index is -0.824. The average molecular weight is 272 g/mol. The maximum atomic E-state index is 11.9. The number of nitrogens with one attached hydrogen (secondary N) is 1. The van der Waals surface area contributed by atoms with Crippen molar-refractivity contribution in [1.29, 1.82) is 0 Å². The molecule has 18 heavy (non-hydrogen) atoms. The van der Waals surface area contributed by atoms with Gasteiger partial charge in [-0.25, -0.2) is 0 Å². The molecule has 1 heterocycles. The van der Waals surface area contributed by atoms with Gasteiger partial charge < -0.3 is 11.1 Å². The van der Waals surface area contributed by atoms with Crippen molar-refractivity contribution in [3.05, 3.63) is 11.4 Å². The number of carbonyl (C=O) groups excluding carboxylic acids is 1. The van der Waals surface area contributed by atoms with Crippen LogP contribution in [0.1, 0.15) is 29.5 Å². The zero-order valence-corrected chi connectivity index (χ0v) is 11.8. The van der Waals surface area contributed by atoms with Crippen LogP contribution in [0.5, 0.6) is 0 Å². The number of nitrogens with two attached hydrogens (primary N) is 1. The lowest BCUT2D eigenvalue weighted by atomic mass is 10.2. The first-order valence-corrected chi connectivity index (χ1v) is 7.59. The third kappa shape index (κ3) is 3.56. The first-order valence-electron chi connectivity index (χ1n) is 5.87. The Hall–Kier alpha value is -1.37. The van der Waals surface area contributed by atoms with E-state index in [1.807, 2.05) is 6.92 Å². The highest BCUT2D eigenvalue weighted by Crippen LogP contribution is 2.16. The Morgan fingerprint density at radius 3 is 2.72 bits per heavy atom. The Labute approximate surface area is 109 Å². The number of anilines is 1. The second-order valence-corrected chi connectivity index (χ2v) is 5.63. The van der Waals surface area contributed by atoms with E-state index < -0.39 is 10.8 Å². The van der Waals surface area contributed by atoms with Crippen LogP contribution < -0.4 is 11.1 Å². The number of hydrogen-bond acceptors (Lipinski definition) is 4. The SMILES string of the molecule is CCc1nn(C)c(C(=O)NCCCS(C)=O)c1N. The van der Waals surface area contributed by atoms with Crippen molar-refractivity contribution in [3.8, 4) is 0 Å². The maximum Gasteiger partial charge on any atom is 0.271 e. The zero-order valence-electron chi connectivity index (χ0n) is 11.0. The molecule has 6 nitrogen and oxygen atoms in total. The number of nitrogens with zero attached hydrogens (tertiary/aromatic N) is 2. The standard InChI is InChI=1S/C11H20N4O2S/c1-4-8-9(12)10(15(2)14-8)11(16)13-6-5-7-18(3)17/h4-7,12H2,1-3H3,(H,13,16). The van der Waals surface area contributed by atoms with Crippen LogP contribution >= 0.6 is 0 Å². The minimum absolute atomic E-state index is 0.232. The van der Waals surface area contributed by atoms with Gasteiger partial charge in [-0.1, -0.05) is 6.92 Å². The fourth-order valence-electron chi connectivity index (χ4n) is 1.69. The fourth-order valence-corrected chi connectivity index (χ4v) is 2.24. The van der Waals surface area contributed by atoms with Gasteiger partial charge in [-0.3, -0.25) is 13.7 Å². The largest absolute Gasteiger partial charge is 0.395 e. The molecule has 0 aromatic carbocycles. The Morgan fingerprint density at radius 1 is 1.56 bits per heavy atom. The van der Waals surface area contributed by atoms with Gasteiger partial charge in [-0.05, 0) is 12.8 Å².